The molecule has 2 fully saturated rings. The van der Waals surface area contributed by atoms with Crippen LogP contribution in [0.2, 0.25) is 0 Å². The van der Waals surface area contributed by atoms with E-state index in [4.69, 9.17) is 0 Å². The molecule has 0 bridgehead atoms. The van der Waals surface area contributed by atoms with Crippen LogP contribution in [0.15, 0.2) is 47.9 Å². The van der Waals surface area contributed by atoms with Crippen LogP contribution in [0.4, 0.5) is 4.79 Å². The highest BCUT2D eigenvalue weighted by molar-refractivity contribution is 7.90. The number of likely N-dealkylation sites (N-methyl/N-ethyl adjacent to an activating group) is 1. The van der Waals surface area contributed by atoms with Crippen molar-refractivity contribution in [2.45, 2.75) is 96.8 Å². The molecule has 6 atom stereocenters. The summed E-state index contributed by atoms with van der Waals surface area (Å²) in [7, 11) is -6.34. The van der Waals surface area contributed by atoms with Crippen LogP contribution < -0.4 is 20.7 Å². The number of carbonyl (C=O) groups excluding carboxylic acids is 4. The predicted molar refractivity (Wildman–Crippen MR) is 195 cm³/mol. The summed E-state index contributed by atoms with van der Waals surface area (Å²) >= 11 is 0. The van der Waals surface area contributed by atoms with Crippen LogP contribution in [0.5, 0.6) is 0 Å². The number of rotatable bonds is 13. The molecule has 0 radical (unpaired) electrons. The van der Waals surface area contributed by atoms with Gasteiger partial charge in [-0.1, -0.05) is 79.7 Å². The third kappa shape index (κ3) is 9.89. The van der Waals surface area contributed by atoms with Crippen molar-refractivity contribution in [3.63, 3.8) is 0 Å². The molecule has 1 saturated carbocycles. The molecule has 1 heterocycles. The molecule has 3 rings (SSSR count). The summed E-state index contributed by atoms with van der Waals surface area (Å²) in [5.74, 6) is -2.88. The maximum absolute atomic E-state index is 14.4. The van der Waals surface area contributed by atoms with E-state index in [0.717, 1.165) is 10.6 Å². The van der Waals surface area contributed by atoms with Crippen molar-refractivity contribution < 1.29 is 36.0 Å². The van der Waals surface area contributed by atoms with Crippen molar-refractivity contribution in [2.75, 3.05) is 26.4 Å². The summed E-state index contributed by atoms with van der Waals surface area (Å²) in [6.45, 7) is 18.8. The lowest BCUT2D eigenvalue weighted by molar-refractivity contribution is -0.144. The largest absolute Gasteiger partial charge is 0.339 e. The van der Waals surface area contributed by atoms with Gasteiger partial charge in [-0.2, -0.15) is 0 Å². The summed E-state index contributed by atoms with van der Waals surface area (Å²) in [5.41, 5.74) is -2.94. The fourth-order valence-electron chi connectivity index (χ4n) is 6.37. The molecule has 51 heavy (non-hydrogen) atoms. The highest BCUT2D eigenvalue weighted by Gasteiger charge is 2.62. The topological polar surface area (TPSA) is 191 Å². The van der Waals surface area contributed by atoms with E-state index in [1.54, 1.807) is 26.8 Å². The number of carbonyl (C=O) groups is 4. The van der Waals surface area contributed by atoms with E-state index in [2.05, 4.69) is 27.3 Å². The maximum Gasteiger partial charge on any atom is 0.315 e. The van der Waals surface area contributed by atoms with Crippen LogP contribution >= 0.6 is 0 Å². The van der Waals surface area contributed by atoms with Crippen LogP contribution in [0.3, 0.4) is 0 Å². The number of hydrogen-bond donors (Lipinski definition) is 4. The molecule has 5 amide bonds. The molecular formula is C35H56N6O8S2. The average Bonchev–Trinajstić information content (AvgIpc) is 3.53. The molecule has 0 spiro atoms. The summed E-state index contributed by atoms with van der Waals surface area (Å²) in [4.78, 5) is 57.1. The monoisotopic (exact) mass is 752 g/mol. The summed E-state index contributed by atoms with van der Waals surface area (Å²) in [6.07, 6.45) is 3.18. The van der Waals surface area contributed by atoms with Gasteiger partial charge in [0.2, 0.25) is 21.8 Å². The Kier molecular flexibility index (Phi) is 12.5. The zero-order valence-corrected chi connectivity index (χ0v) is 33.1. The Morgan fingerprint density at radius 3 is 2.06 bits per heavy atom. The lowest BCUT2D eigenvalue weighted by Crippen LogP contribution is -2.63. The summed E-state index contributed by atoms with van der Waals surface area (Å²) in [6, 6.07) is 4.01. The van der Waals surface area contributed by atoms with E-state index in [1.165, 1.54) is 42.3 Å². The minimum atomic E-state index is -4.24. The summed E-state index contributed by atoms with van der Waals surface area (Å²) in [5, 5.41) is 8.47. The quantitative estimate of drug-likeness (QED) is 0.221. The predicted octanol–water partition coefficient (Wildman–Crippen LogP) is 2.45. The number of amides is 5. The zero-order valence-electron chi connectivity index (χ0n) is 31.4. The van der Waals surface area contributed by atoms with Crippen molar-refractivity contribution in [1.82, 2.24) is 29.9 Å². The first-order valence-electron chi connectivity index (χ1n) is 17.1. The number of hydrogen-bond acceptors (Lipinski definition) is 8. The second-order valence-electron chi connectivity index (χ2n) is 16.3. The van der Waals surface area contributed by atoms with Gasteiger partial charge < -0.3 is 20.9 Å². The van der Waals surface area contributed by atoms with Gasteiger partial charge in [-0.3, -0.25) is 14.4 Å². The van der Waals surface area contributed by atoms with Crippen LogP contribution in [-0.2, 0) is 34.4 Å². The van der Waals surface area contributed by atoms with Gasteiger partial charge in [0.05, 0.1) is 11.2 Å². The number of urea groups is 1. The summed E-state index contributed by atoms with van der Waals surface area (Å²) < 4.78 is 53.6. The van der Waals surface area contributed by atoms with Crippen molar-refractivity contribution in [3.8, 4) is 0 Å². The highest BCUT2D eigenvalue weighted by atomic mass is 32.2. The molecule has 4 N–H and O–H groups in total. The molecule has 1 aliphatic carbocycles. The van der Waals surface area contributed by atoms with E-state index in [-0.39, 0.29) is 36.2 Å². The molecule has 0 aromatic heterocycles. The molecule has 3 unspecified atom stereocenters. The first-order chi connectivity index (χ1) is 23.3. The number of likely N-dealkylation sites (tertiary alicyclic amines) is 1. The van der Waals surface area contributed by atoms with Crippen LogP contribution in [0.1, 0.15) is 68.2 Å². The Bertz CT molecular complexity index is 1700. The third-order valence-corrected chi connectivity index (χ3v) is 12.6. The molecule has 14 nitrogen and oxygen atoms in total. The van der Waals surface area contributed by atoms with Gasteiger partial charge in [-0.15, -0.1) is 6.58 Å². The van der Waals surface area contributed by atoms with E-state index in [0.29, 0.717) is 6.42 Å². The lowest BCUT2D eigenvalue weighted by atomic mass is 9.84. The Morgan fingerprint density at radius 1 is 1.00 bits per heavy atom. The second-order valence-corrected chi connectivity index (χ2v) is 20.1. The fourth-order valence-corrected chi connectivity index (χ4v) is 7.85. The number of nitrogens with zero attached hydrogens (tertiary/aromatic N) is 2. The molecule has 1 aromatic carbocycles. The first-order valence-corrected chi connectivity index (χ1v) is 20.4. The molecular weight excluding hydrogens is 697 g/mol. The normalized spacial score (nSPS) is 23.7. The van der Waals surface area contributed by atoms with Crippen LogP contribution in [0.25, 0.3) is 0 Å². The van der Waals surface area contributed by atoms with Crippen LogP contribution in [-0.4, -0.2) is 99.9 Å². The van der Waals surface area contributed by atoms with Crippen molar-refractivity contribution in [2.24, 2.45) is 28.6 Å². The van der Waals surface area contributed by atoms with Gasteiger partial charge in [0, 0.05) is 32.1 Å². The van der Waals surface area contributed by atoms with Gasteiger partial charge >= 0.3 is 6.03 Å². The van der Waals surface area contributed by atoms with Gasteiger partial charge in [-0.05, 0) is 47.6 Å². The molecule has 286 valence electrons. The minimum Gasteiger partial charge on any atom is -0.339 e. The molecule has 16 heteroatoms. The Hall–Kier alpha value is -3.50. The molecule has 1 saturated heterocycles. The average molecular weight is 753 g/mol. The smallest absolute Gasteiger partial charge is 0.315 e. The second kappa shape index (κ2) is 15.2. The minimum absolute atomic E-state index is 0.00199. The van der Waals surface area contributed by atoms with Gasteiger partial charge in [0.25, 0.3) is 15.9 Å². The number of benzene rings is 1. The SMILES string of the molecule is C=CC1C[C@]1(NC(=O)[C@@H]1C(C(C)C)CCN1C(=O)[C@@H](NC(=O)NC(CN(C)S(C)(=O)=O)C(C)(C)C)C(C)(C)C)C(=O)NS(=O)(=O)c1ccccc1. The van der Waals surface area contributed by atoms with E-state index >= 15 is 0 Å². The van der Waals surface area contributed by atoms with Gasteiger partial charge in [0.1, 0.15) is 17.6 Å². The van der Waals surface area contributed by atoms with E-state index in [1.807, 2.05) is 34.6 Å². The number of nitrogens with one attached hydrogen (secondary N) is 4. The lowest BCUT2D eigenvalue weighted by Gasteiger charge is -2.38. The van der Waals surface area contributed by atoms with E-state index < -0.39 is 84.2 Å². The molecule has 1 aromatic rings. The Morgan fingerprint density at radius 2 is 1.59 bits per heavy atom. The third-order valence-electron chi connectivity index (χ3n) is 9.93. The van der Waals surface area contributed by atoms with E-state index in [9.17, 15) is 36.0 Å². The van der Waals surface area contributed by atoms with Crippen molar-refractivity contribution in [3.05, 3.63) is 43.0 Å². The maximum atomic E-state index is 14.4. The van der Waals surface area contributed by atoms with Crippen molar-refractivity contribution in [1.29, 1.82) is 0 Å². The Balaban J connectivity index is 1.88. The standard InChI is InChI=1S/C35H56N6O8S2/c1-12-23-20-35(23,31(44)39-51(48,49)24-16-14-13-15-17-24)38-29(42)27-25(22(2)3)18-19-41(27)30(43)28(34(7,8)9)37-32(45)36-26(33(4,5)6)21-40(10)50(11,46)47/h12-17,22-23,25-28H,1,18-21H2,2-11H3,(H,38,42)(H,39,44)(H2,36,37,45)/t23?,25?,26?,27-,28+,35+/m0/s1. The van der Waals surface area contributed by atoms with Crippen LogP contribution in [0, 0.1) is 28.6 Å². The molecule has 2 aliphatic rings. The molecule has 1 aliphatic heterocycles. The fraction of sp³-hybridized carbons (Fsp3) is 0.657. The highest BCUT2D eigenvalue weighted by Crippen LogP contribution is 2.45. The van der Waals surface area contributed by atoms with Gasteiger partial charge in [-0.25, -0.2) is 30.7 Å². The zero-order chi connectivity index (χ0) is 38.9. The number of sulfonamides is 2. The first kappa shape index (κ1) is 41.9. The Labute approximate surface area is 303 Å². The van der Waals surface area contributed by atoms with Crippen molar-refractivity contribution >= 4 is 43.8 Å². The van der Waals surface area contributed by atoms with Gasteiger partial charge in [0.15, 0.2) is 0 Å².